The summed E-state index contributed by atoms with van der Waals surface area (Å²) in [5, 5.41) is 3.22. The molecule has 0 bridgehead atoms. The van der Waals surface area contributed by atoms with E-state index in [2.05, 4.69) is 23.8 Å². The fourth-order valence-electron chi connectivity index (χ4n) is 1.87. The Bertz CT molecular complexity index is 540. The number of nitrogens with two attached hydrogens (primary N) is 1. The second kappa shape index (κ2) is 6.04. The van der Waals surface area contributed by atoms with E-state index in [1.165, 1.54) is 10.4 Å². The van der Waals surface area contributed by atoms with Gasteiger partial charge in [0.25, 0.3) is 0 Å². The number of aryl methyl sites for hydroxylation is 1. The summed E-state index contributed by atoms with van der Waals surface area (Å²) in [7, 11) is 0. The van der Waals surface area contributed by atoms with Gasteiger partial charge in [-0.05, 0) is 48.1 Å². The van der Waals surface area contributed by atoms with Crippen LogP contribution in [0.4, 0.5) is 0 Å². The Hall–Kier alpha value is -0.580. The minimum atomic E-state index is 0.0993. The van der Waals surface area contributed by atoms with Crippen molar-refractivity contribution >= 4 is 34.5 Å². The van der Waals surface area contributed by atoms with Crippen LogP contribution in [0.3, 0.4) is 0 Å². The molecular weight excluding hydrogens is 287 g/mol. The van der Waals surface area contributed by atoms with Gasteiger partial charge in [0.15, 0.2) is 0 Å². The molecule has 0 aliphatic carbocycles. The molecule has 0 radical (unpaired) electrons. The van der Waals surface area contributed by atoms with Crippen molar-refractivity contribution in [3.05, 3.63) is 55.7 Å². The Kier molecular flexibility index (Phi) is 4.65. The summed E-state index contributed by atoms with van der Waals surface area (Å²) in [5.41, 5.74) is 5.23. The summed E-state index contributed by atoms with van der Waals surface area (Å²) < 4.78 is 0. The van der Waals surface area contributed by atoms with Crippen LogP contribution < -0.4 is 11.3 Å². The molecule has 0 aliphatic rings. The molecule has 0 saturated heterocycles. The molecule has 1 aromatic carbocycles. The number of rotatable bonds is 4. The lowest BCUT2D eigenvalue weighted by Crippen LogP contribution is -2.29. The van der Waals surface area contributed by atoms with E-state index in [4.69, 9.17) is 29.0 Å². The number of nitrogens with one attached hydrogen (secondary N) is 1. The van der Waals surface area contributed by atoms with Crippen molar-refractivity contribution in [1.29, 1.82) is 0 Å². The Morgan fingerprint density at radius 2 is 2.06 bits per heavy atom. The first-order valence-electron chi connectivity index (χ1n) is 5.56. The summed E-state index contributed by atoms with van der Waals surface area (Å²) in [6.07, 6.45) is 0.786. The maximum atomic E-state index is 6.02. The van der Waals surface area contributed by atoms with E-state index in [1.807, 2.05) is 18.2 Å². The van der Waals surface area contributed by atoms with Crippen molar-refractivity contribution < 1.29 is 0 Å². The van der Waals surface area contributed by atoms with Crippen LogP contribution in [0.25, 0.3) is 0 Å². The molecule has 0 aliphatic heterocycles. The molecule has 2 aromatic rings. The van der Waals surface area contributed by atoms with Crippen LogP contribution in [-0.4, -0.2) is 0 Å². The van der Waals surface area contributed by atoms with Crippen molar-refractivity contribution in [3.8, 4) is 0 Å². The van der Waals surface area contributed by atoms with Gasteiger partial charge in [-0.25, -0.2) is 0 Å². The second-order valence-electron chi connectivity index (χ2n) is 4.14. The van der Waals surface area contributed by atoms with Crippen LogP contribution >= 0.6 is 34.5 Å². The summed E-state index contributed by atoms with van der Waals surface area (Å²) >= 11 is 13.6. The van der Waals surface area contributed by atoms with Crippen LogP contribution in [0.15, 0.2) is 29.6 Å². The van der Waals surface area contributed by atoms with Gasteiger partial charge in [0.2, 0.25) is 0 Å². The molecule has 96 valence electrons. The van der Waals surface area contributed by atoms with Gasteiger partial charge in [-0.1, -0.05) is 29.3 Å². The highest BCUT2D eigenvalue weighted by molar-refractivity contribution is 7.10. The first-order valence-corrected chi connectivity index (χ1v) is 7.19. The predicted molar refractivity (Wildman–Crippen MR) is 79.3 cm³/mol. The summed E-state index contributed by atoms with van der Waals surface area (Å²) in [6.45, 7) is 2.09. The van der Waals surface area contributed by atoms with E-state index < -0.39 is 0 Å². The maximum Gasteiger partial charge on any atom is 0.0596 e. The Balaban J connectivity index is 2.20. The van der Waals surface area contributed by atoms with E-state index in [0.29, 0.717) is 10.0 Å². The molecular formula is C13H14Cl2N2S. The first-order chi connectivity index (χ1) is 8.61. The van der Waals surface area contributed by atoms with E-state index in [1.54, 1.807) is 11.3 Å². The van der Waals surface area contributed by atoms with Gasteiger partial charge in [0.1, 0.15) is 0 Å². The Morgan fingerprint density at radius 1 is 1.28 bits per heavy atom. The highest BCUT2D eigenvalue weighted by atomic mass is 35.5. The molecule has 2 rings (SSSR count). The predicted octanol–water partition coefficient (Wildman–Crippen LogP) is 4.11. The molecule has 2 nitrogen and oxygen atoms in total. The molecule has 18 heavy (non-hydrogen) atoms. The molecule has 1 atom stereocenters. The van der Waals surface area contributed by atoms with Crippen molar-refractivity contribution in [3.63, 3.8) is 0 Å². The van der Waals surface area contributed by atoms with Crippen LogP contribution in [0.1, 0.15) is 22.0 Å². The van der Waals surface area contributed by atoms with Crippen molar-refractivity contribution in [2.45, 2.75) is 19.4 Å². The number of hydrogen-bond acceptors (Lipinski definition) is 3. The standard InChI is InChI=1S/C13H14Cl2N2S/c1-8-4-5-18-13(8)12(17-16)7-9-2-3-10(14)11(15)6-9/h2-6,12,17H,7,16H2,1H3. The van der Waals surface area contributed by atoms with Crippen molar-refractivity contribution in [2.75, 3.05) is 0 Å². The fraction of sp³-hybridized carbons (Fsp3) is 0.231. The normalized spacial score (nSPS) is 12.7. The van der Waals surface area contributed by atoms with Crippen LogP contribution in [-0.2, 0) is 6.42 Å². The Labute approximate surface area is 121 Å². The maximum absolute atomic E-state index is 6.02. The van der Waals surface area contributed by atoms with Crippen LogP contribution in [0.5, 0.6) is 0 Å². The number of thiophene rings is 1. The Morgan fingerprint density at radius 3 is 2.61 bits per heavy atom. The van der Waals surface area contributed by atoms with Crippen LogP contribution in [0, 0.1) is 6.92 Å². The zero-order valence-electron chi connectivity index (χ0n) is 9.91. The summed E-state index contributed by atoms with van der Waals surface area (Å²) in [6, 6.07) is 7.87. The van der Waals surface area contributed by atoms with E-state index in [0.717, 1.165) is 12.0 Å². The molecule has 5 heteroatoms. The number of halogens is 2. The molecule has 1 aromatic heterocycles. The topological polar surface area (TPSA) is 38.0 Å². The van der Waals surface area contributed by atoms with Gasteiger partial charge in [0, 0.05) is 4.88 Å². The number of hydrazine groups is 1. The van der Waals surface area contributed by atoms with Gasteiger partial charge in [0.05, 0.1) is 16.1 Å². The van der Waals surface area contributed by atoms with Gasteiger partial charge in [-0.15, -0.1) is 11.3 Å². The minimum Gasteiger partial charge on any atom is -0.271 e. The zero-order chi connectivity index (χ0) is 13.1. The summed E-state index contributed by atoms with van der Waals surface area (Å²) in [4.78, 5) is 1.25. The lowest BCUT2D eigenvalue weighted by Gasteiger charge is -2.16. The van der Waals surface area contributed by atoms with Gasteiger partial charge in [-0.2, -0.15) is 0 Å². The van der Waals surface area contributed by atoms with Crippen molar-refractivity contribution in [2.24, 2.45) is 5.84 Å². The monoisotopic (exact) mass is 300 g/mol. The van der Waals surface area contributed by atoms with E-state index in [9.17, 15) is 0 Å². The average Bonchev–Trinajstić information content (AvgIpc) is 2.77. The third kappa shape index (κ3) is 3.05. The first kappa shape index (κ1) is 13.8. The van der Waals surface area contributed by atoms with Gasteiger partial charge >= 0.3 is 0 Å². The van der Waals surface area contributed by atoms with Crippen LogP contribution in [0.2, 0.25) is 10.0 Å². The van der Waals surface area contributed by atoms with E-state index in [-0.39, 0.29) is 6.04 Å². The lowest BCUT2D eigenvalue weighted by atomic mass is 10.0. The highest BCUT2D eigenvalue weighted by Crippen LogP contribution is 2.28. The third-order valence-electron chi connectivity index (χ3n) is 2.84. The highest BCUT2D eigenvalue weighted by Gasteiger charge is 2.14. The van der Waals surface area contributed by atoms with Crippen molar-refractivity contribution in [1.82, 2.24) is 5.43 Å². The second-order valence-corrected chi connectivity index (χ2v) is 5.90. The summed E-state index contributed by atoms with van der Waals surface area (Å²) in [5.74, 6) is 5.65. The van der Waals surface area contributed by atoms with Gasteiger partial charge in [-0.3, -0.25) is 11.3 Å². The quantitative estimate of drug-likeness (QED) is 0.659. The molecule has 0 spiro atoms. The average molecular weight is 301 g/mol. The smallest absolute Gasteiger partial charge is 0.0596 e. The zero-order valence-corrected chi connectivity index (χ0v) is 12.2. The molecule has 0 fully saturated rings. The largest absolute Gasteiger partial charge is 0.271 e. The molecule has 1 unspecified atom stereocenters. The van der Waals surface area contributed by atoms with E-state index >= 15 is 0 Å². The number of hydrogen-bond donors (Lipinski definition) is 2. The molecule has 3 N–H and O–H groups in total. The lowest BCUT2D eigenvalue weighted by molar-refractivity contribution is 0.558. The molecule has 1 heterocycles. The molecule has 0 amide bonds. The number of benzene rings is 1. The minimum absolute atomic E-state index is 0.0993. The SMILES string of the molecule is Cc1ccsc1C(Cc1ccc(Cl)c(Cl)c1)NN. The fourth-order valence-corrected chi connectivity index (χ4v) is 3.18. The third-order valence-corrected chi connectivity index (χ3v) is 4.71. The molecule has 0 saturated carbocycles. The van der Waals surface area contributed by atoms with Gasteiger partial charge < -0.3 is 0 Å².